The number of nitrogens with one attached hydrogen (secondary N) is 1. The predicted octanol–water partition coefficient (Wildman–Crippen LogP) is 3.29. The zero-order valence-electron chi connectivity index (χ0n) is 17.1. The Hall–Kier alpha value is -1.34. The Morgan fingerprint density at radius 2 is 1.83 bits per heavy atom. The number of carbonyl (C=O) groups excluding carboxylic acids is 1. The summed E-state index contributed by atoms with van der Waals surface area (Å²) in [6.07, 6.45) is 11.0. The summed E-state index contributed by atoms with van der Waals surface area (Å²) in [7, 11) is 1.71. The van der Waals surface area contributed by atoms with E-state index in [1.807, 2.05) is 0 Å². The molecular weight excluding hydrogens is 436 g/mol. The van der Waals surface area contributed by atoms with Crippen molar-refractivity contribution < 1.29 is 14.6 Å². The molecule has 6 nitrogen and oxygen atoms in total. The molecule has 7 heteroatoms. The van der Waals surface area contributed by atoms with Crippen LogP contribution in [0.15, 0.2) is 21.5 Å². The molecule has 0 unspecified atom stereocenters. The van der Waals surface area contributed by atoms with Gasteiger partial charge in [0.1, 0.15) is 5.75 Å². The maximum atomic E-state index is 13.1. The number of nitrogens with zero attached hydrogens (tertiary/aromatic N) is 1. The molecule has 1 aromatic rings. The lowest BCUT2D eigenvalue weighted by molar-refractivity contribution is -0.143. The predicted molar refractivity (Wildman–Crippen MR) is 114 cm³/mol. The van der Waals surface area contributed by atoms with Crippen molar-refractivity contribution >= 4 is 21.8 Å². The van der Waals surface area contributed by atoms with Crippen molar-refractivity contribution in [2.24, 2.45) is 17.9 Å². The summed E-state index contributed by atoms with van der Waals surface area (Å²) in [4.78, 5) is 24.9. The molecule has 0 aliphatic heterocycles. The molecule has 2 N–H and O–H groups in total. The lowest BCUT2D eigenvalue weighted by Crippen LogP contribution is -2.53. The molecular formula is C22H31BrN2O4. The van der Waals surface area contributed by atoms with Gasteiger partial charge in [0.05, 0.1) is 10.6 Å². The third-order valence-corrected chi connectivity index (χ3v) is 8.26. The molecule has 0 atom stereocenters. The number of aromatic nitrogens is 1. The number of amides is 1. The number of hydrogen-bond donors (Lipinski definition) is 2. The van der Waals surface area contributed by atoms with Crippen LogP contribution in [0.2, 0.25) is 0 Å². The quantitative estimate of drug-likeness (QED) is 0.697. The summed E-state index contributed by atoms with van der Waals surface area (Å²) in [5.41, 5.74) is -0.211. The van der Waals surface area contributed by atoms with E-state index in [0.29, 0.717) is 5.75 Å². The highest BCUT2D eigenvalue weighted by Crippen LogP contribution is 2.56. The minimum absolute atomic E-state index is 0.0688. The fourth-order valence-electron chi connectivity index (χ4n) is 5.35. The largest absolute Gasteiger partial charge is 0.489 e. The van der Waals surface area contributed by atoms with Crippen LogP contribution in [0, 0.1) is 10.8 Å². The number of aliphatic hydroxyl groups excluding tert-OH is 1. The fraction of sp³-hybridized carbons (Fsp3) is 0.727. The van der Waals surface area contributed by atoms with E-state index in [1.165, 1.54) is 10.6 Å². The molecule has 4 fully saturated rings. The highest BCUT2D eigenvalue weighted by molar-refractivity contribution is 9.10. The first-order valence-electron chi connectivity index (χ1n) is 10.8. The van der Waals surface area contributed by atoms with Crippen molar-refractivity contribution in [2.45, 2.75) is 76.4 Å². The molecule has 1 heterocycles. The average Bonchev–Trinajstić information content (AvgIpc) is 2.74. The summed E-state index contributed by atoms with van der Waals surface area (Å²) in [5.74, 6) is 0.818. The molecule has 2 bridgehead atoms. The highest BCUT2D eigenvalue weighted by atomic mass is 79.9. The lowest BCUT2D eigenvalue weighted by atomic mass is 9.53. The number of ether oxygens (including phenoxy) is 1. The molecule has 29 heavy (non-hydrogen) atoms. The van der Waals surface area contributed by atoms with Crippen molar-refractivity contribution in [1.82, 2.24) is 9.88 Å². The number of fused-ring (bicyclic) bond motifs is 3. The minimum Gasteiger partial charge on any atom is -0.489 e. The topological polar surface area (TPSA) is 80.6 Å². The number of aryl methyl sites for hydroxylation is 1. The summed E-state index contributed by atoms with van der Waals surface area (Å²) >= 11 is 3.47. The molecule has 160 valence electrons. The van der Waals surface area contributed by atoms with Crippen LogP contribution in [-0.4, -0.2) is 34.3 Å². The van der Waals surface area contributed by atoms with Gasteiger partial charge in [-0.05, 0) is 85.6 Å². The van der Waals surface area contributed by atoms with Crippen LogP contribution < -0.4 is 15.6 Å². The summed E-state index contributed by atoms with van der Waals surface area (Å²) in [6.45, 7) is 0.262. The Morgan fingerprint density at radius 1 is 1.21 bits per heavy atom. The molecule has 5 rings (SSSR count). The van der Waals surface area contributed by atoms with E-state index in [-0.39, 0.29) is 41.0 Å². The van der Waals surface area contributed by atoms with Crippen molar-refractivity contribution in [3.63, 3.8) is 0 Å². The molecule has 0 saturated heterocycles. The van der Waals surface area contributed by atoms with Gasteiger partial charge in [0.25, 0.3) is 5.56 Å². The van der Waals surface area contributed by atoms with E-state index in [2.05, 4.69) is 21.2 Å². The van der Waals surface area contributed by atoms with Crippen LogP contribution in [-0.2, 0) is 11.8 Å². The van der Waals surface area contributed by atoms with Crippen LogP contribution in [0.4, 0.5) is 0 Å². The smallest absolute Gasteiger partial charge is 0.254 e. The van der Waals surface area contributed by atoms with E-state index >= 15 is 0 Å². The Morgan fingerprint density at radius 3 is 2.41 bits per heavy atom. The molecule has 4 aliphatic carbocycles. The zero-order chi connectivity index (χ0) is 20.6. The molecule has 1 aromatic heterocycles. The number of pyridine rings is 1. The fourth-order valence-corrected chi connectivity index (χ4v) is 5.87. The molecule has 1 amide bonds. The standard InChI is InChI=1S/C22H31BrN2O4/c1-25-13-17(23)18(12-19(25)27)29-16-4-2-15(3-5-16)24-20(28)22-9-6-21(14-26,7-10-22)8-11-22/h12-13,15-16,26H,2-11,14H2,1H3,(H,24,28)/t15-,16-,21?,22?. The third-order valence-electron chi connectivity index (χ3n) is 7.67. The first-order chi connectivity index (χ1) is 13.8. The summed E-state index contributed by atoms with van der Waals surface area (Å²) < 4.78 is 8.36. The van der Waals surface area contributed by atoms with Gasteiger partial charge in [-0.1, -0.05) is 0 Å². The van der Waals surface area contributed by atoms with Crippen LogP contribution in [0.1, 0.15) is 64.2 Å². The molecule has 0 radical (unpaired) electrons. The number of hydrogen-bond acceptors (Lipinski definition) is 4. The molecule has 0 spiro atoms. The van der Waals surface area contributed by atoms with Crippen molar-refractivity contribution in [2.75, 3.05) is 6.61 Å². The van der Waals surface area contributed by atoms with E-state index in [9.17, 15) is 14.7 Å². The second-order valence-electron chi connectivity index (χ2n) is 9.44. The monoisotopic (exact) mass is 466 g/mol. The third kappa shape index (κ3) is 4.13. The van der Waals surface area contributed by atoms with Crippen LogP contribution in [0.5, 0.6) is 5.75 Å². The number of carbonyl (C=O) groups is 1. The number of aliphatic hydroxyl groups is 1. The van der Waals surface area contributed by atoms with Gasteiger partial charge in [-0.25, -0.2) is 0 Å². The van der Waals surface area contributed by atoms with E-state index < -0.39 is 0 Å². The van der Waals surface area contributed by atoms with E-state index in [4.69, 9.17) is 4.74 Å². The molecule has 4 aliphatic rings. The summed E-state index contributed by atoms with van der Waals surface area (Å²) in [5, 5.41) is 13.0. The van der Waals surface area contributed by atoms with Crippen LogP contribution in [0.3, 0.4) is 0 Å². The van der Waals surface area contributed by atoms with Crippen molar-refractivity contribution in [3.8, 4) is 5.75 Å². The van der Waals surface area contributed by atoms with Gasteiger partial charge < -0.3 is 19.7 Å². The van der Waals surface area contributed by atoms with Gasteiger partial charge >= 0.3 is 0 Å². The van der Waals surface area contributed by atoms with Crippen LogP contribution >= 0.6 is 15.9 Å². The first-order valence-corrected chi connectivity index (χ1v) is 11.6. The molecule has 4 saturated carbocycles. The zero-order valence-corrected chi connectivity index (χ0v) is 18.7. The Kier molecular flexibility index (Phi) is 5.81. The van der Waals surface area contributed by atoms with Gasteiger partial charge in [-0.15, -0.1) is 0 Å². The van der Waals surface area contributed by atoms with Gasteiger partial charge in [0.15, 0.2) is 0 Å². The van der Waals surface area contributed by atoms with E-state index in [1.54, 1.807) is 13.2 Å². The van der Waals surface area contributed by atoms with Gasteiger partial charge in [0, 0.05) is 37.4 Å². The maximum absolute atomic E-state index is 13.1. The van der Waals surface area contributed by atoms with Gasteiger partial charge in [0.2, 0.25) is 5.91 Å². The van der Waals surface area contributed by atoms with Gasteiger partial charge in [-0.3, -0.25) is 9.59 Å². The van der Waals surface area contributed by atoms with Gasteiger partial charge in [-0.2, -0.15) is 0 Å². The second kappa shape index (κ2) is 8.06. The SMILES string of the molecule is Cn1cc(Br)c(O[C@H]2CC[C@H](NC(=O)C34CCC(CO)(CC3)CC4)CC2)cc1=O. The maximum Gasteiger partial charge on any atom is 0.254 e. The van der Waals surface area contributed by atoms with Crippen LogP contribution in [0.25, 0.3) is 0 Å². The molecule has 0 aromatic carbocycles. The number of rotatable bonds is 5. The van der Waals surface area contributed by atoms with E-state index in [0.717, 1.165) is 68.7 Å². The van der Waals surface area contributed by atoms with Crippen molar-refractivity contribution in [3.05, 3.63) is 27.1 Å². The minimum atomic E-state index is -0.209. The number of halogens is 1. The summed E-state index contributed by atoms with van der Waals surface area (Å²) in [6, 6.07) is 1.73. The highest BCUT2D eigenvalue weighted by Gasteiger charge is 2.52. The lowest BCUT2D eigenvalue weighted by Gasteiger charge is -2.52. The second-order valence-corrected chi connectivity index (χ2v) is 10.3. The Balaban J connectivity index is 1.29. The Bertz CT molecular complexity index is 804. The Labute approximate surface area is 180 Å². The van der Waals surface area contributed by atoms with Crippen molar-refractivity contribution in [1.29, 1.82) is 0 Å². The normalized spacial score (nSPS) is 34.0. The average molecular weight is 467 g/mol. The first kappa shape index (κ1) is 20.9.